The number of hydrogen-bond donors (Lipinski definition) is 1. The molecule has 0 unspecified atom stereocenters. The molecule has 0 bridgehead atoms. The van der Waals surface area contributed by atoms with Crippen molar-refractivity contribution in [3.8, 4) is 0 Å². The van der Waals surface area contributed by atoms with Crippen LogP contribution >= 0.6 is 27.7 Å². The first kappa shape index (κ1) is 12.1. The highest BCUT2D eigenvalue weighted by Gasteiger charge is 2.14. The predicted octanol–water partition coefficient (Wildman–Crippen LogP) is 3.27. The van der Waals surface area contributed by atoms with Crippen LogP contribution in [0.15, 0.2) is 21.2 Å². The molecule has 2 nitrogen and oxygen atoms in total. The summed E-state index contributed by atoms with van der Waals surface area (Å²) in [5, 5.41) is 3.37. The molecule has 1 rings (SSSR count). The second-order valence-electron chi connectivity index (χ2n) is 3.77. The maximum Gasteiger partial charge on any atom is 0.169 e. The molecule has 0 aromatic carbocycles. The predicted molar refractivity (Wildman–Crippen MR) is 65.7 cm³/mol. The minimum absolute atomic E-state index is 0.282. The second-order valence-corrected chi connectivity index (χ2v) is 6.07. The lowest BCUT2D eigenvalue weighted by Crippen LogP contribution is -2.31. The van der Waals surface area contributed by atoms with Gasteiger partial charge in [-0.3, -0.25) is 0 Å². The Hall–Kier alpha value is 0.0700. The van der Waals surface area contributed by atoms with E-state index in [2.05, 4.69) is 41.3 Å². The third kappa shape index (κ3) is 4.07. The lowest BCUT2D eigenvalue weighted by molar-refractivity contribution is 0.458. The summed E-state index contributed by atoms with van der Waals surface area (Å²) >= 11 is 5.14. The SMILES string of the molecule is CSC(C)(C)CNCc1ccc(Br)o1. The van der Waals surface area contributed by atoms with E-state index in [9.17, 15) is 0 Å². The van der Waals surface area contributed by atoms with Crippen LogP contribution in [0.5, 0.6) is 0 Å². The average Bonchev–Trinajstić information content (AvgIpc) is 2.51. The van der Waals surface area contributed by atoms with Crippen molar-refractivity contribution in [3.05, 3.63) is 22.6 Å². The van der Waals surface area contributed by atoms with Gasteiger partial charge >= 0.3 is 0 Å². The first-order chi connectivity index (χ1) is 6.53. The van der Waals surface area contributed by atoms with Crippen LogP contribution in [0, 0.1) is 0 Å². The van der Waals surface area contributed by atoms with Crippen molar-refractivity contribution in [1.29, 1.82) is 0 Å². The molecule has 1 heterocycles. The number of halogens is 1. The van der Waals surface area contributed by atoms with E-state index in [1.54, 1.807) is 0 Å². The van der Waals surface area contributed by atoms with Crippen LogP contribution in [0.2, 0.25) is 0 Å². The molecule has 1 N–H and O–H groups in total. The molecular formula is C10H16BrNOS. The topological polar surface area (TPSA) is 25.2 Å². The van der Waals surface area contributed by atoms with Gasteiger partial charge in [0.2, 0.25) is 0 Å². The zero-order valence-corrected chi connectivity index (χ0v) is 11.2. The summed E-state index contributed by atoms with van der Waals surface area (Å²) in [4.78, 5) is 0. The maximum absolute atomic E-state index is 5.38. The molecule has 0 aliphatic heterocycles. The molecule has 0 radical (unpaired) electrons. The monoisotopic (exact) mass is 277 g/mol. The molecular weight excluding hydrogens is 262 g/mol. The Morgan fingerprint density at radius 1 is 1.50 bits per heavy atom. The Kier molecular flexibility index (Phi) is 4.54. The van der Waals surface area contributed by atoms with Gasteiger partial charge in [0.15, 0.2) is 4.67 Å². The van der Waals surface area contributed by atoms with E-state index in [4.69, 9.17) is 4.42 Å². The van der Waals surface area contributed by atoms with E-state index < -0.39 is 0 Å². The van der Waals surface area contributed by atoms with Crippen LogP contribution < -0.4 is 5.32 Å². The fraction of sp³-hybridized carbons (Fsp3) is 0.600. The molecule has 0 aliphatic carbocycles. The van der Waals surface area contributed by atoms with Crippen LogP contribution in [-0.2, 0) is 6.54 Å². The molecule has 0 spiro atoms. The van der Waals surface area contributed by atoms with Crippen LogP contribution in [0.1, 0.15) is 19.6 Å². The Balaban J connectivity index is 2.28. The third-order valence-corrected chi connectivity index (χ3v) is 3.71. The van der Waals surface area contributed by atoms with Crippen LogP contribution in [0.3, 0.4) is 0 Å². The van der Waals surface area contributed by atoms with Gasteiger partial charge in [0, 0.05) is 11.3 Å². The smallest absolute Gasteiger partial charge is 0.169 e. The molecule has 0 saturated heterocycles. The quantitative estimate of drug-likeness (QED) is 0.894. The van der Waals surface area contributed by atoms with E-state index >= 15 is 0 Å². The van der Waals surface area contributed by atoms with Crippen molar-refractivity contribution in [2.75, 3.05) is 12.8 Å². The lowest BCUT2D eigenvalue weighted by atomic mass is 10.2. The van der Waals surface area contributed by atoms with Crippen molar-refractivity contribution in [2.24, 2.45) is 0 Å². The standard InChI is InChI=1S/C10H16BrNOS/c1-10(2,14-3)7-12-6-8-4-5-9(11)13-8/h4-5,12H,6-7H2,1-3H3. The van der Waals surface area contributed by atoms with Gasteiger partial charge in [-0.2, -0.15) is 11.8 Å². The number of thioether (sulfide) groups is 1. The van der Waals surface area contributed by atoms with Gasteiger partial charge in [0.1, 0.15) is 5.76 Å². The Morgan fingerprint density at radius 2 is 2.21 bits per heavy atom. The lowest BCUT2D eigenvalue weighted by Gasteiger charge is -2.21. The summed E-state index contributed by atoms with van der Waals surface area (Å²) in [5.74, 6) is 0.966. The molecule has 0 saturated carbocycles. The van der Waals surface area contributed by atoms with Crippen LogP contribution in [0.4, 0.5) is 0 Å². The molecule has 80 valence electrons. The van der Waals surface area contributed by atoms with Gasteiger partial charge in [0.05, 0.1) is 6.54 Å². The van der Waals surface area contributed by atoms with Crippen molar-refractivity contribution in [1.82, 2.24) is 5.32 Å². The van der Waals surface area contributed by atoms with Crippen molar-refractivity contribution >= 4 is 27.7 Å². The highest BCUT2D eigenvalue weighted by molar-refractivity contribution is 9.10. The summed E-state index contributed by atoms with van der Waals surface area (Å²) in [6.07, 6.45) is 2.13. The summed E-state index contributed by atoms with van der Waals surface area (Å²) in [6, 6.07) is 3.89. The fourth-order valence-corrected chi connectivity index (χ4v) is 1.59. The normalized spacial score (nSPS) is 12.0. The van der Waals surface area contributed by atoms with Gasteiger partial charge in [0.25, 0.3) is 0 Å². The summed E-state index contributed by atoms with van der Waals surface area (Å²) < 4.78 is 6.45. The van der Waals surface area contributed by atoms with Gasteiger partial charge in [-0.25, -0.2) is 0 Å². The largest absolute Gasteiger partial charge is 0.453 e. The molecule has 0 atom stereocenters. The first-order valence-electron chi connectivity index (χ1n) is 4.53. The number of nitrogens with one attached hydrogen (secondary N) is 1. The van der Waals surface area contributed by atoms with Crippen molar-refractivity contribution in [2.45, 2.75) is 25.1 Å². The summed E-state index contributed by atoms with van der Waals surface area (Å²) in [7, 11) is 0. The number of rotatable bonds is 5. The summed E-state index contributed by atoms with van der Waals surface area (Å²) in [6.45, 7) is 6.22. The number of hydrogen-bond acceptors (Lipinski definition) is 3. The summed E-state index contributed by atoms with van der Waals surface area (Å²) in [5.41, 5.74) is 0. The Bertz CT molecular complexity index is 285. The molecule has 0 aliphatic rings. The zero-order chi connectivity index (χ0) is 10.6. The maximum atomic E-state index is 5.38. The molecule has 1 aromatic heterocycles. The minimum Gasteiger partial charge on any atom is -0.453 e. The molecule has 0 fully saturated rings. The third-order valence-electron chi connectivity index (χ3n) is 2.03. The van der Waals surface area contributed by atoms with Crippen LogP contribution in [-0.4, -0.2) is 17.5 Å². The molecule has 14 heavy (non-hydrogen) atoms. The van der Waals surface area contributed by atoms with Gasteiger partial charge in [-0.05, 0) is 48.2 Å². The Morgan fingerprint density at radius 3 is 2.71 bits per heavy atom. The van der Waals surface area contributed by atoms with Crippen molar-refractivity contribution in [3.63, 3.8) is 0 Å². The highest BCUT2D eigenvalue weighted by atomic mass is 79.9. The van der Waals surface area contributed by atoms with Crippen LogP contribution in [0.25, 0.3) is 0 Å². The van der Waals surface area contributed by atoms with Gasteiger partial charge in [-0.15, -0.1) is 0 Å². The first-order valence-corrected chi connectivity index (χ1v) is 6.55. The van der Waals surface area contributed by atoms with E-state index in [1.165, 1.54) is 0 Å². The van der Waals surface area contributed by atoms with E-state index in [0.717, 1.165) is 23.5 Å². The average molecular weight is 278 g/mol. The molecule has 1 aromatic rings. The number of furan rings is 1. The van der Waals surface area contributed by atoms with E-state index in [1.807, 2.05) is 23.9 Å². The van der Waals surface area contributed by atoms with E-state index in [-0.39, 0.29) is 4.75 Å². The van der Waals surface area contributed by atoms with Crippen molar-refractivity contribution < 1.29 is 4.42 Å². The van der Waals surface area contributed by atoms with Gasteiger partial charge in [-0.1, -0.05) is 0 Å². The fourth-order valence-electron chi connectivity index (χ4n) is 1.01. The van der Waals surface area contributed by atoms with E-state index in [0.29, 0.717) is 0 Å². The zero-order valence-electron chi connectivity index (χ0n) is 8.76. The second kappa shape index (κ2) is 5.24. The minimum atomic E-state index is 0.282. The Labute approximate surface area is 98.0 Å². The molecule has 0 amide bonds. The molecule has 4 heteroatoms. The highest BCUT2D eigenvalue weighted by Crippen LogP contribution is 2.20. The van der Waals surface area contributed by atoms with Gasteiger partial charge < -0.3 is 9.73 Å².